The highest BCUT2D eigenvalue weighted by Gasteiger charge is 2.23. The Kier molecular flexibility index (Phi) is 6.20. The molecule has 3 rings (SSSR count). The van der Waals surface area contributed by atoms with Gasteiger partial charge in [0.25, 0.3) is 0 Å². The SMILES string of the molecule is CC(C)c1nccn1CC1CCN(C(=O)NCc2ccc(Cl)cc2)CC1. The van der Waals surface area contributed by atoms with Crippen molar-refractivity contribution in [2.24, 2.45) is 5.92 Å². The summed E-state index contributed by atoms with van der Waals surface area (Å²) in [5.74, 6) is 2.18. The molecular weight excluding hydrogens is 348 g/mol. The Morgan fingerprint density at radius 2 is 1.96 bits per heavy atom. The van der Waals surface area contributed by atoms with Crippen molar-refractivity contribution in [3.05, 3.63) is 53.1 Å². The molecule has 0 atom stereocenters. The molecule has 26 heavy (non-hydrogen) atoms. The van der Waals surface area contributed by atoms with E-state index in [0.29, 0.717) is 23.4 Å². The first kappa shape index (κ1) is 18.8. The van der Waals surface area contributed by atoms with E-state index >= 15 is 0 Å². The molecule has 0 radical (unpaired) electrons. The van der Waals surface area contributed by atoms with Gasteiger partial charge in [0.15, 0.2) is 0 Å². The van der Waals surface area contributed by atoms with Gasteiger partial charge in [-0.15, -0.1) is 0 Å². The highest BCUT2D eigenvalue weighted by Crippen LogP contribution is 2.21. The number of halogens is 1. The van der Waals surface area contributed by atoms with Gasteiger partial charge in [-0.05, 0) is 36.5 Å². The van der Waals surface area contributed by atoms with Gasteiger partial charge in [0.2, 0.25) is 0 Å². The average molecular weight is 375 g/mol. The van der Waals surface area contributed by atoms with Crippen molar-refractivity contribution in [2.45, 2.75) is 45.7 Å². The van der Waals surface area contributed by atoms with Crippen LogP contribution in [0.25, 0.3) is 0 Å². The predicted molar refractivity (Wildman–Crippen MR) is 104 cm³/mol. The summed E-state index contributed by atoms with van der Waals surface area (Å²) in [6, 6.07) is 7.58. The van der Waals surface area contributed by atoms with E-state index in [-0.39, 0.29) is 6.03 Å². The largest absolute Gasteiger partial charge is 0.334 e. The van der Waals surface area contributed by atoms with Gasteiger partial charge >= 0.3 is 6.03 Å². The lowest BCUT2D eigenvalue weighted by atomic mass is 9.96. The van der Waals surface area contributed by atoms with Crippen LogP contribution < -0.4 is 5.32 Å². The second kappa shape index (κ2) is 8.58. The van der Waals surface area contributed by atoms with Crippen molar-refractivity contribution in [3.63, 3.8) is 0 Å². The van der Waals surface area contributed by atoms with Crippen molar-refractivity contribution < 1.29 is 4.79 Å². The monoisotopic (exact) mass is 374 g/mol. The summed E-state index contributed by atoms with van der Waals surface area (Å²) >= 11 is 5.89. The molecule has 2 amide bonds. The molecule has 1 fully saturated rings. The molecule has 1 aromatic heterocycles. The van der Waals surface area contributed by atoms with Crippen molar-refractivity contribution >= 4 is 17.6 Å². The first-order valence-electron chi connectivity index (χ1n) is 9.31. The quantitative estimate of drug-likeness (QED) is 0.849. The first-order chi connectivity index (χ1) is 12.5. The van der Waals surface area contributed by atoms with E-state index in [1.54, 1.807) is 0 Å². The molecule has 1 aliphatic heterocycles. The lowest BCUT2D eigenvalue weighted by Crippen LogP contribution is -2.44. The number of carbonyl (C=O) groups is 1. The number of likely N-dealkylation sites (tertiary alicyclic amines) is 1. The molecule has 6 heteroatoms. The maximum Gasteiger partial charge on any atom is 0.317 e. The Morgan fingerprint density at radius 3 is 2.62 bits per heavy atom. The number of nitrogens with one attached hydrogen (secondary N) is 1. The van der Waals surface area contributed by atoms with E-state index < -0.39 is 0 Å². The zero-order chi connectivity index (χ0) is 18.5. The van der Waals surface area contributed by atoms with Gasteiger partial charge in [-0.1, -0.05) is 37.6 Å². The van der Waals surface area contributed by atoms with E-state index in [2.05, 4.69) is 34.9 Å². The van der Waals surface area contributed by atoms with Gasteiger partial charge in [0.05, 0.1) is 0 Å². The first-order valence-corrected chi connectivity index (χ1v) is 9.69. The molecule has 140 valence electrons. The Balaban J connectivity index is 1.45. The molecule has 2 aromatic rings. The van der Waals surface area contributed by atoms with E-state index in [9.17, 15) is 4.79 Å². The Labute approximate surface area is 160 Å². The molecular formula is C20H27ClN4O. The van der Waals surface area contributed by atoms with Gasteiger partial charge in [0, 0.05) is 49.5 Å². The van der Waals surface area contributed by atoms with Gasteiger partial charge < -0.3 is 14.8 Å². The fourth-order valence-electron chi connectivity index (χ4n) is 3.46. The molecule has 1 N–H and O–H groups in total. The van der Waals surface area contributed by atoms with Crippen LogP contribution in [0.2, 0.25) is 5.02 Å². The summed E-state index contributed by atoms with van der Waals surface area (Å²) in [6.45, 7) is 7.49. The van der Waals surface area contributed by atoms with E-state index in [1.165, 1.54) is 0 Å². The number of aromatic nitrogens is 2. The number of urea groups is 1. The van der Waals surface area contributed by atoms with Crippen LogP contribution in [0.1, 0.15) is 44.0 Å². The Bertz CT molecular complexity index is 718. The third-order valence-corrected chi connectivity index (χ3v) is 5.23. The number of carbonyl (C=O) groups excluding carboxylic acids is 1. The highest BCUT2D eigenvalue weighted by atomic mass is 35.5. The number of benzene rings is 1. The lowest BCUT2D eigenvalue weighted by molar-refractivity contribution is 0.165. The minimum Gasteiger partial charge on any atom is -0.334 e. The van der Waals surface area contributed by atoms with Crippen molar-refractivity contribution in [1.82, 2.24) is 19.8 Å². The summed E-state index contributed by atoms with van der Waals surface area (Å²) in [5.41, 5.74) is 1.05. The number of nitrogens with zero attached hydrogens (tertiary/aromatic N) is 3. The van der Waals surface area contributed by atoms with Crippen LogP contribution in [-0.2, 0) is 13.1 Å². The lowest BCUT2D eigenvalue weighted by Gasteiger charge is -2.32. The smallest absolute Gasteiger partial charge is 0.317 e. The fourth-order valence-corrected chi connectivity index (χ4v) is 3.59. The summed E-state index contributed by atoms with van der Waals surface area (Å²) in [7, 11) is 0. The number of hydrogen-bond acceptors (Lipinski definition) is 2. The minimum atomic E-state index is 0.0175. The number of amides is 2. The normalized spacial score (nSPS) is 15.5. The molecule has 0 saturated carbocycles. The fraction of sp³-hybridized carbons (Fsp3) is 0.500. The van der Waals surface area contributed by atoms with Crippen LogP contribution in [0.4, 0.5) is 4.79 Å². The van der Waals surface area contributed by atoms with Crippen LogP contribution in [0.3, 0.4) is 0 Å². The zero-order valence-electron chi connectivity index (χ0n) is 15.5. The Morgan fingerprint density at radius 1 is 1.27 bits per heavy atom. The van der Waals surface area contributed by atoms with Crippen LogP contribution in [0.15, 0.2) is 36.7 Å². The van der Waals surface area contributed by atoms with E-state index in [1.807, 2.05) is 35.4 Å². The van der Waals surface area contributed by atoms with Crippen molar-refractivity contribution in [2.75, 3.05) is 13.1 Å². The van der Waals surface area contributed by atoms with Gasteiger partial charge in [-0.3, -0.25) is 0 Å². The molecule has 0 unspecified atom stereocenters. The molecule has 1 saturated heterocycles. The topological polar surface area (TPSA) is 50.2 Å². The molecule has 1 aromatic carbocycles. The number of imidazole rings is 1. The number of rotatable bonds is 5. The molecule has 1 aliphatic rings. The summed E-state index contributed by atoms with van der Waals surface area (Å²) in [4.78, 5) is 18.8. The number of piperidine rings is 1. The van der Waals surface area contributed by atoms with Crippen molar-refractivity contribution in [1.29, 1.82) is 0 Å². The second-order valence-corrected chi connectivity index (χ2v) is 7.74. The van der Waals surface area contributed by atoms with E-state index in [0.717, 1.165) is 43.9 Å². The number of hydrogen-bond donors (Lipinski definition) is 1. The maximum absolute atomic E-state index is 12.4. The molecule has 0 spiro atoms. The molecule has 0 bridgehead atoms. The van der Waals surface area contributed by atoms with Crippen LogP contribution in [0, 0.1) is 5.92 Å². The Hall–Kier alpha value is -2.01. The summed E-state index contributed by atoms with van der Waals surface area (Å²) in [6.07, 6.45) is 6.02. The van der Waals surface area contributed by atoms with Crippen molar-refractivity contribution in [3.8, 4) is 0 Å². The molecule has 5 nitrogen and oxygen atoms in total. The zero-order valence-corrected chi connectivity index (χ0v) is 16.2. The third kappa shape index (κ3) is 4.79. The summed E-state index contributed by atoms with van der Waals surface area (Å²) < 4.78 is 2.27. The van der Waals surface area contributed by atoms with Crippen LogP contribution in [0.5, 0.6) is 0 Å². The average Bonchev–Trinajstić information content (AvgIpc) is 3.10. The van der Waals surface area contributed by atoms with Gasteiger partial charge in [-0.25, -0.2) is 9.78 Å². The summed E-state index contributed by atoms with van der Waals surface area (Å²) in [5, 5.41) is 3.71. The van der Waals surface area contributed by atoms with Crippen LogP contribution in [-0.4, -0.2) is 33.6 Å². The maximum atomic E-state index is 12.4. The third-order valence-electron chi connectivity index (χ3n) is 4.98. The van der Waals surface area contributed by atoms with Gasteiger partial charge in [-0.2, -0.15) is 0 Å². The second-order valence-electron chi connectivity index (χ2n) is 7.31. The van der Waals surface area contributed by atoms with E-state index in [4.69, 9.17) is 11.6 Å². The molecule has 0 aliphatic carbocycles. The standard InChI is InChI=1S/C20H27ClN4O/c1-15(2)19-22-9-12-25(19)14-17-7-10-24(11-8-17)20(26)23-13-16-3-5-18(21)6-4-16/h3-6,9,12,15,17H,7-8,10-11,13-14H2,1-2H3,(H,23,26). The van der Waals surface area contributed by atoms with Gasteiger partial charge in [0.1, 0.15) is 5.82 Å². The minimum absolute atomic E-state index is 0.0175. The molecule has 2 heterocycles. The van der Waals surface area contributed by atoms with Crippen LogP contribution >= 0.6 is 11.6 Å². The predicted octanol–water partition coefficient (Wildman–Crippen LogP) is 4.28. The highest BCUT2D eigenvalue weighted by molar-refractivity contribution is 6.30.